The maximum absolute atomic E-state index is 13.6. The van der Waals surface area contributed by atoms with Gasteiger partial charge in [0.25, 0.3) is 5.56 Å². The summed E-state index contributed by atoms with van der Waals surface area (Å²) >= 11 is 0. The van der Waals surface area contributed by atoms with E-state index in [-0.39, 0.29) is 17.7 Å². The molecule has 2 aromatic carbocycles. The van der Waals surface area contributed by atoms with Crippen molar-refractivity contribution in [1.29, 1.82) is 0 Å². The number of fused-ring (bicyclic) bond motifs is 1. The fraction of sp³-hybridized carbons (Fsp3) is 0.385. The minimum Gasteiger partial charge on any atom is -0.497 e. The molecule has 0 bridgehead atoms. The molecule has 1 heterocycles. The SMILES string of the molecule is CCOC1Cc2ccccc2C1Nc1c(C)nc(-c2ccc(OC)cc2C)n(CC)c1=O. The largest absolute Gasteiger partial charge is 0.497 e. The molecule has 2 atom stereocenters. The van der Waals surface area contributed by atoms with Crippen molar-refractivity contribution in [1.82, 2.24) is 9.55 Å². The van der Waals surface area contributed by atoms with E-state index in [1.165, 1.54) is 11.1 Å². The monoisotopic (exact) mass is 433 g/mol. The number of methoxy groups -OCH3 is 1. The normalized spacial score (nSPS) is 17.3. The number of anilines is 1. The van der Waals surface area contributed by atoms with Gasteiger partial charge in [-0.05, 0) is 62.6 Å². The summed E-state index contributed by atoms with van der Waals surface area (Å²) < 4.78 is 13.1. The van der Waals surface area contributed by atoms with Crippen LogP contribution in [0.3, 0.4) is 0 Å². The summed E-state index contributed by atoms with van der Waals surface area (Å²) in [5.41, 5.74) is 5.54. The zero-order chi connectivity index (χ0) is 22.8. The van der Waals surface area contributed by atoms with E-state index in [0.29, 0.717) is 30.4 Å². The van der Waals surface area contributed by atoms with E-state index in [9.17, 15) is 4.79 Å². The number of hydrogen-bond donors (Lipinski definition) is 1. The minimum atomic E-state index is -0.0850. The topological polar surface area (TPSA) is 65.4 Å². The van der Waals surface area contributed by atoms with Crippen LogP contribution in [-0.2, 0) is 17.7 Å². The first-order valence-corrected chi connectivity index (χ1v) is 11.2. The number of hydrogen-bond acceptors (Lipinski definition) is 5. The Morgan fingerprint density at radius 1 is 1.16 bits per heavy atom. The minimum absolute atomic E-state index is 0.0187. The van der Waals surface area contributed by atoms with Crippen LogP contribution < -0.4 is 15.6 Å². The van der Waals surface area contributed by atoms with Gasteiger partial charge >= 0.3 is 0 Å². The van der Waals surface area contributed by atoms with Gasteiger partial charge < -0.3 is 14.8 Å². The van der Waals surface area contributed by atoms with Crippen molar-refractivity contribution in [3.05, 3.63) is 75.2 Å². The molecule has 2 unspecified atom stereocenters. The van der Waals surface area contributed by atoms with Gasteiger partial charge in [0.15, 0.2) is 0 Å². The fourth-order valence-electron chi connectivity index (χ4n) is 4.59. The average molecular weight is 434 g/mol. The molecule has 3 aromatic rings. The van der Waals surface area contributed by atoms with Gasteiger partial charge in [0.05, 0.1) is 24.9 Å². The molecule has 6 heteroatoms. The van der Waals surface area contributed by atoms with Crippen molar-refractivity contribution >= 4 is 5.69 Å². The molecule has 0 fully saturated rings. The average Bonchev–Trinajstić information content (AvgIpc) is 3.13. The van der Waals surface area contributed by atoms with Crippen LogP contribution in [0.4, 0.5) is 5.69 Å². The first kappa shape index (κ1) is 22.1. The van der Waals surface area contributed by atoms with Crippen molar-refractivity contribution in [3.63, 3.8) is 0 Å². The van der Waals surface area contributed by atoms with Crippen LogP contribution in [0.5, 0.6) is 5.75 Å². The zero-order valence-electron chi connectivity index (χ0n) is 19.4. The first-order chi connectivity index (χ1) is 15.5. The molecule has 0 saturated carbocycles. The highest BCUT2D eigenvalue weighted by atomic mass is 16.5. The van der Waals surface area contributed by atoms with Gasteiger partial charge in [-0.3, -0.25) is 9.36 Å². The van der Waals surface area contributed by atoms with Crippen LogP contribution in [0.1, 0.15) is 42.3 Å². The van der Waals surface area contributed by atoms with Crippen LogP contribution in [0.15, 0.2) is 47.3 Å². The van der Waals surface area contributed by atoms with Crippen molar-refractivity contribution in [2.75, 3.05) is 19.0 Å². The van der Waals surface area contributed by atoms with Gasteiger partial charge in [-0.25, -0.2) is 4.98 Å². The van der Waals surface area contributed by atoms with Crippen LogP contribution in [0.2, 0.25) is 0 Å². The van der Waals surface area contributed by atoms with Gasteiger partial charge in [-0.2, -0.15) is 0 Å². The Kier molecular flexibility index (Phi) is 6.33. The first-order valence-electron chi connectivity index (χ1n) is 11.2. The van der Waals surface area contributed by atoms with Crippen LogP contribution in [0, 0.1) is 13.8 Å². The van der Waals surface area contributed by atoms with Crippen molar-refractivity contribution < 1.29 is 9.47 Å². The quantitative estimate of drug-likeness (QED) is 0.587. The van der Waals surface area contributed by atoms with Crippen molar-refractivity contribution in [2.24, 2.45) is 0 Å². The number of nitrogens with zero attached hydrogens (tertiary/aromatic N) is 2. The zero-order valence-corrected chi connectivity index (χ0v) is 19.4. The van der Waals surface area contributed by atoms with Gasteiger partial charge in [0.1, 0.15) is 17.3 Å². The maximum atomic E-state index is 13.6. The molecule has 4 rings (SSSR count). The van der Waals surface area contributed by atoms with Crippen molar-refractivity contribution in [3.8, 4) is 17.1 Å². The molecule has 6 nitrogen and oxygen atoms in total. The molecule has 0 radical (unpaired) electrons. The van der Waals surface area contributed by atoms with E-state index in [4.69, 9.17) is 14.5 Å². The summed E-state index contributed by atoms with van der Waals surface area (Å²) in [6, 6.07) is 14.1. The Hall–Kier alpha value is -3.12. The Bertz CT molecular complexity index is 1190. The van der Waals surface area contributed by atoms with Gasteiger partial charge in [0.2, 0.25) is 0 Å². The lowest BCUT2D eigenvalue weighted by Gasteiger charge is -2.24. The molecule has 1 aromatic heterocycles. The summed E-state index contributed by atoms with van der Waals surface area (Å²) in [6.45, 7) is 9.03. The van der Waals surface area contributed by atoms with Crippen LogP contribution in [-0.4, -0.2) is 29.4 Å². The lowest BCUT2D eigenvalue weighted by Crippen LogP contribution is -2.32. The Morgan fingerprint density at radius 2 is 1.94 bits per heavy atom. The maximum Gasteiger partial charge on any atom is 0.277 e. The highest BCUT2D eigenvalue weighted by Crippen LogP contribution is 2.36. The number of aromatic nitrogens is 2. The van der Waals surface area contributed by atoms with Crippen LogP contribution >= 0.6 is 0 Å². The summed E-state index contributed by atoms with van der Waals surface area (Å²) in [5, 5.41) is 3.51. The molecule has 32 heavy (non-hydrogen) atoms. The molecular formula is C26H31N3O3. The third kappa shape index (κ3) is 3.91. The highest BCUT2D eigenvalue weighted by molar-refractivity contribution is 5.64. The van der Waals surface area contributed by atoms with E-state index in [0.717, 1.165) is 23.3 Å². The molecule has 0 aliphatic heterocycles. The third-order valence-corrected chi connectivity index (χ3v) is 6.20. The Labute approximate surface area is 189 Å². The van der Waals surface area contributed by atoms with Crippen molar-refractivity contribution in [2.45, 2.75) is 52.8 Å². The number of benzene rings is 2. The van der Waals surface area contributed by atoms with E-state index < -0.39 is 0 Å². The van der Waals surface area contributed by atoms with E-state index in [2.05, 4.69) is 17.4 Å². The Balaban J connectivity index is 1.77. The summed E-state index contributed by atoms with van der Waals surface area (Å²) in [5.74, 6) is 1.46. The third-order valence-electron chi connectivity index (χ3n) is 6.20. The molecule has 1 aliphatic rings. The number of ether oxygens (including phenoxy) is 2. The highest BCUT2D eigenvalue weighted by Gasteiger charge is 2.34. The Morgan fingerprint density at radius 3 is 2.62 bits per heavy atom. The second-order valence-electron chi connectivity index (χ2n) is 8.14. The molecule has 168 valence electrons. The van der Waals surface area contributed by atoms with Crippen LogP contribution in [0.25, 0.3) is 11.4 Å². The summed E-state index contributed by atoms with van der Waals surface area (Å²) in [7, 11) is 1.65. The van der Waals surface area contributed by atoms with E-state index in [1.807, 2.05) is 58.0 Å². The lowest BCUT2D eigenvalue weighted by atomic mass is 10.1. The molecule has 0 amide bonds. The summed E-state index contributed by atoms with van der Waals surface area (Å²) in [6.07, 6.45) is 0.814. The van der Waals surface area contributed by atoms with Gasteiger partial charge in [-0.15, -0.1) is 0 Å². The standard InChI is InChI=1S/C26H31N3O3/c1-6-29-25(20-13-12-19(31-5)14-16(20)3)27-17(4)23(26(29)30)28-24-21-11-9-8-10-18(21)15-22(24)32-7-2/h8-14,22,24,28H,6-7,15H2,1-5H3. The second kappa shape index (κ2) is 9.17. The number of aryl methyl sites for hydroxylation is 2. The molecular weight excluding hydrogens is 402 g/mol. The molecule has 1 aliphatic carbocycles. The van der Waals surface area contributed by atoms with Gasteiger partial charge in [0, 0.05) is 25.1 Å². The van der Waals surface area contributed by atoms with E-state index in [1.54, 1.807) is 11.7 Å². The fourth-order valence-corrected chi connectivity index (χ4v) is 4.59. The predicted molar refractivity (Wildman–Crippen MR) is 128 cm³/mol. The number of rotatable bonds is 7. The second-order valence-corrected chi connectivity index (χ2v) is 8.14. The lowest BCUT2D eigenvalue weighted by molar-refractivity contribution is 0.0574. The predicted octanol–water partition coefficient (Wildman–Crippen LogP) is 4.67. The summed E-state index contributed by atoms with van der Waals surface area (Å²) in [4.78, 5) is 18.5. The van der Waals surface area contributed by atoms with E-state index >= 15 is 0 Å². The smallest absolute Gasteiger partial charge is 0.277 e. The molecule has 0 spiro atoms. The molecule has 0 saturated heterocycles. The number of nitrogens with one attached hydrogen (secondary N) is 1. The molecule has 1 N–H and O–H groups in total. The van der Waals surface area contributed by atoms with Gasteiger partial charge in [-0.1, -0.05) is 24.3 Å².